The first-order chi connectivity index (χ1) is 23.7. The van der Waals surface area contributed by atoms with E-state index in [0.717, 1.165) is 40.7 Å². The Morgan fingerprint density at radius 1 is 0.571 bits per heavy atom. The average Bonchev–Trinajstić information content (AvgIpc) is 3.61. The molecule has 0 bridgehead atoms. The van der Waals surface area contributed by atoms with Gasteiger partial charge < -0.3 is 14.5 Å². The maximum Gasteiger partial charge on any atom is 0.137 e. The second-order valence-corrected chi connectivity index (χ2v) is 13.9. The first-order valence-corrected chi connectivity index (χ1v) is 16.9. The predicted molar refractivity (Wildman–Crippen MR) is 204 cm³/mol. The number of benzene rings is 5. The van der Waals surface area contributed by atoms with Crippen LogP contribution < -0.4 is 14.5 Å². The maximum atomic E-state index is 6.60. The van der Waals surface area contributed by atoms with Crippen LogP contribution in [0.4, 0.5) is 11.4 Å². The molecular formula is C44H40N4O. The zero-order valence-electron chi connectivity index (χ0n) is 28.7. The van der Waals surface area contributed by atoms with Crippen LogP contribution in [0.25, 0.3) is 38.8 Å². The highest BCUT2D eigenvalue weighted by Gasteiger charge is 2.26. The molecule has 5 aromatic carbocycles. The van der Waals surface area contributed by atoms with Gasteiger partial charge in [-0.2, -0.15) is 0 Å². The summed E-state index contributed by atoms with van der Waals surface area (Å²) in [6, 6.07) is 47.0. The highest BCUT2D eigenvalue weighted by molar-refractivity contribution is 6.09. The molecule has 1 aliphatic heterocycles. The number of nitrogens with zero attached hydrogens (tertiary/aromatic N) is 4. The summed E-state index contributed by atoms with van der Waals surface area (Å²) in [5.74, 6) is 2.48. The standard InChI is InChI=1S/C44H40N4O/c1-30-31(2)47(29-46(30)35-16-11-15-33(25-35)32-13-7-6-8-14-32)36-17-12-18-37(27-36)49-38-21-22-40-39-19-9-10-20-41(39)48(42(40)28-38)43-26-34(23-24-45-43)44(3,4)5/h6-28H,29H2,1-5H3. The van der Waals surface area contributed by atoms with Gasteiger partial charge in [-0.25, -0.2) is 4.98 Å². The van der Waals surface area contributed by atoms with Crippen molar-refractivity contribution in [2.24, 2.45) is 0 Å². The van der Waals surface area contributed by atoms with Crippen LogP contribution in [-0.2, 0) is 5.41 Å². The molecule has 0 saturated heterocycles. The molecule has 0 fully saturated rings. The molecule has 3 heterocycles. The number of ether oxygens (including phenoxy) is 1. The van der Waals surface area contributed by atoms with Crippen LogP contribution in [0.15, 0.2) is 151 Å². The van der Waals surface area contributed by atoms with E-state index in [0.29, 0.717) is 0 Å². The number of hydrogen-bond donors (Lipinski definition) is 0. The first-order valence-electron chi connectivity index (χ1n) is 16.9. The van der Waals surface area contributed by atoms with Gasteiger partial charge in [0.15, 0.2) is 0 Å². The van der Waals surface area contributed by atoms with Crippen molar-refractivity contribution in [2.75, 3.05) is 16.5 Å². The number of allylic oxidation sites excluding steroid dienone is 2. The van der Waals surface area contributed by atoms with Crippen LogP contribution in [0.2, 0.25) is 0 Å². The largest absolute Gasteiger partial charge is 0.457 e. The van der Waals surface area contributed by atoms with E-state index in [-0.39, 0.29) is 5.41 Å². The van der Waals surface area contributed by atoms with Crippen LogP contribution in [0.1, 0.15) is 40.2 Å². The van der Waals surface area contributed by atoms with Gasteiger partial charge in [0.05, 0.1) is 17.7 Å². The lowest BCUT2D eigenvalue weighted by Crippen LogP contribution is -2.27. The Hall–Kier alpha value is -5.81. The van der Waals surface area contributed by atoms with Gasteiger partial charge in [0.2, 0.25) is 0 Å². The van der Waals surface area contributed by atoms with Crippen molar-refractivity contribution in [3.8, 4) is 28.4 Å². The van der Waals surface area contributed by atoms with E-state index < -0.39 is 0 Å². The predicted octanol–water partition coefficient (Wildman–Crippen LogP) is 11.5. The van der Waals surface area contributed by atoms with Crippen molar-refractivity contribution >= 4 is 33.2 Å². The summed E-state index contributed by atoms with van der Waals surface area (Å²) in [7, 11) is 0. The van der Waals surface area contributed by atoms with Crippen LogP contribution >= 0.6 is 0 Å². The van der Waals surface area contributed by atoms with Gasteiger partial charge in [-0.05, 0) is 90.6 Å². The number of pyridine rings is 1. The smallest absolute Gasteiger partial charge is 0.137 e. The molecule has 0 amide bonds. The van der Waals surface area contributed by atoms with Crippen LogP contribution in [0, 0.1) is 0 Å². The van der Waals surface area contributed by atoms with E-state index in [9.17, 15) is 0 Å². The summed E-state index contributed by atoms with van der Waals surface area (Å²) in [4.78, 5) is 9.57. The summed E-state index contributed by atoms with van der Waals surface area (Å²) in [5, 5.41) is 2.36. The number of anilines is 2. The van der Waals surface area contributed by atoms with E-state index in [1.54, 1.807) is 0 Å². The van der Waals surface area contributed by atoms with Crippen molar-refractivity contribution < 1.29 is 4.74 Å². The van der Waals surface area contributed by atoms with E-state index in [1.807, 2.05) is 12.3 Å². The molecule has 0 spiro atoms. The summed E-state index contributed by atoms with van der Waals surface area (Å²) in [6.07, 6.45) is 1.92. The molecule has 8 rings (SSSR count). The summed E-state index contributed by atoms with van der Waals surface area (Å²) in [5.41, 5.74) is 10.6. The Labute approximate surface area is 288 Å². The zero-order chi connectivity index (χ0) is 33.7. The second-order valence-electron chi connectivity index (χ2n) is 13.9. The third-order valence-electron chi connectivity index (χ3n) is 9.73. The number of fused-ring (bicyclic) bond motifs is 3. The normalized spacial score (nSPS) is 13.6. The zero-order valence-corrected chi connectivity index (χ0v) is 28.7. The summed E-state index contributed by atoms with van der Waals surface area (Å²) >= 11 is 0. The van der Waals surface area contributed by atoms with Gasteiger partial charge in [0, 0.05) is 51.9 Å². The third kappa shape index (κ3) is 5.61. The molecule has 5 nitrogen and oxygen atoms in total. The Bertz CT molecular complexity index is 2360. The van der Waals surface area contributed by atoms with Gasteiger partial charge >= 0.3 is 0 Å². The van der Waals surface area contributed by atoms with Crippen molar-refractivity contribution in [2.45, 2.75) is 40.0 Å². The van der Waals surface area contributed by atoms with Crippen molar-refractivity contribution in [1.82, 2.24) is 9.55 Å². The molecule has 2 aromatic heterocycles. The molecule has 7 aromatic rings. The summed E-state index contributed by atoms with van der Waals surface area (Å²) in [6.45, 7) is 11.8. The molecule has 0 N–H and O–H groups in total. The van der Waals surface area contributed by atoms with E-state index in [4.69, 9.17) is 9.72 Å². The fraction of sp³-hybridized carbons (Fsp3) is 0.159. The first kappa shape index (κ1) is 30.5. The SMILES string of the molecule is CC1=C(C)N(c2cccc(-c3ccccc3)c2)CN1c1cccc(Oc2ccc3c4ccccc4n(-c4cc(C(C)(C)C)ccn4)c3c2)c1. The van der Waals surface area contributed by atoms with Gasteiger partial charge in [0.25, 0.3) is 0 Å². The molecule has 0 radical (unpaired) electrons. The lowest BCUT2D eigenvalue weighted by molar-refractivity contribution is 0.483. The third-order valence-corrected chi connectivity index (χ3v) is 9.73. The molecule has 0 aliphatic carbocycles. The maximum absolute atomic E-state index is 6.60. The van der Waals surface area contributed by atoms with Crippen molar-refractivity contribution in [3.05, 3.63) is 157 Å². The van der Waals surface area contributed by atoms with Crippen molar-refractivity contribution in [1.29, 1.82) is 0 Å². The minimum absolute atomic E-state index is 0.0143. The molecule has 0 unspecified atom stereocenters. The van der Waals surface area contributed by atoms with Gasteiger partial charge in [-0.15, -0.1) is 0 Å². The lowest BCUT2D eigenvalue weighted by Gasteiger charge is -2.24. The van der Waals surface area contributed by atoms with Gasteiger partial charge in [-0.1, -0.05) is 87.5 Å². The van der Waals surface area contributed by atoms with Crippen molar-refractivity contribution in [3.63, 3.8) is 0 Å². The fourth-order valence-corrected chi connectivity index (χ4v) is 6.90. The number of para-hydroxylation sites is 1. The Morgan fingerprint density at radius 3 is 2.00 bits per heavy atom. The molecule has 5 heteroatoms. The Balaban J connectivity index is 1.11. The topological polar surface area (TPSA) is 33.5 Å². The van der Waals surface area contributed by atoms with E-state index in [1.165, 1.54) is 44.5 Å². The molecule has 0 atom stereocenters. The minimum Gasteiger partial charge on any atom is -0.457 e. The van der Waals surface area contributed by atoms with E-state index in [2.05, 4.69) is 176 Å². The molecular weight excluding hydrogens is 601 g/mol. The van der Waals surface area contributed by atoms with Gasteiger partial charge in [-0.3, -0.25) is 4.57 Å². The quantitative estimate of drug-likeness (QED) is 0.181. The Kier molecular flexibility index (Phi) is 7.48. The molecule has 49 heavy (non-hydrogen) atoms. The second kappa shape index (κ2) is 12.0. The lowest BCUT2D eigenvalue weighted by atomic mass is 9.88. The van der Waals surface area contributed by atoms with Crippen LogP contribution in [-0.4, -0.2) is 16.2 Å². The molecule has 0 saturated carbocycles. The van der Waals surface area contributed by atoms with E-state index >= 15 is 0 Å². The molecule has 242 valence electrons. The fourth-order valence-electron chi connectivity index (χ4n) is 6.90. The highest BCUT2D eigenvalue weighted by Crippen LogP contribution is 2.38. The Morgan fingerprint density at radius 2 is 1.22 bits per heavy atom. The molecule has 1 aliphatic rings. The number of rotatable bonds is 6. The number of aromatic nitrogens is 2. The summed E-state index contributed by atoms with van der Waals surface area (Å²) < 4.78 is 8.86. The number of hydrogen-bond acceptors (Lipinski definition) is 4. The highest BCUT2D eigenvalue weighted by atomic mass is 16.5. The monoisotopic (exact) mass is 640 g/mol. The van der Waals surface area contributed by atoms with Crippen LogP contribution in [0.3, 0.4) is 0 Å². The minimum atomic E-state index is 0.0143. The average molecular weight is 641 g/mol. The van der Waals surface area contributed by atoms with Gasteiger partial charge in [0.1, 0.15) is 17.3 Å². The van der Waals surface area contributed by atoms with Crippen LogP contribution in [0.5, 0.6) is 11.5 Å².